The number of hydrogen-bond acceptors (Lipinski definition) is 6. The number of thioether (sulfide) groups is 1. The number of amides is 1. The molecule has 0 spiro atoms. The summed E-state index contributed by atoms with van der Waals surface area (Å²) in [6, 6.07) is 4.68. The van der Waals surface area contributed by atoms with E-state index in [9.17, 15) is 14.4 Å². The Bertz CT molecular complexity index is 519. The first-order valence-corrected chi connectivity index (χ1v) is 6.92. The number of carbonyl (C=O) groups excluding carboxylic acids is 3. The molecule has 7 heteroatoms. The Balaban J connectivity index is 2.66. The number of hydrogen-bond donors (Lipinski definition) is 1. The Morgan fingerprint density at radius 3 is 2.70 bits per heavy atom. The maximum atomic E-state index is 11.9. The summed E-state index contributed by atoms with van der Waals surface area (Å²) in [7, 11) is 1.26. The number of nitrogens with zero attached hydrogens (tertiary/aromatic N) is 1. The lowest BCUT2D eigenvalue weighted by Crippen LogP contribution is -2.23. The number of aromatic nitrogens is 1. The molecule has 0 aliphatic heterocycles. The molecular weight excluding hydrogens is 280 g/mol. The van der Waals surface area contributed by atoms with Crippen molar-refractivity contribution in [2.24, 2.45) is 5.92 Å². The van der Waals surface area contributed by atoms with Gasteiger partial charge in [-0.05, 0) is 12.1 Å². The maximum absolute atomic E-state index is 11.9. The zero-order chi connectivity index (χ0) is 15.1. The number of nitrogens with one attached hydrogen (secondary N) is 1. The molecule has 0 aliphatic carbocycles. The molecule has 1 amide bonds. The van der Waals surface area contributed by atoms with Gasteiger partial charge in [0, 0.05) is 18.6 Å². The van der Waals surface area contributed by atoms with E-state index in [-0.39, 0.29) is 28.5 Å². The van der Waals surface area contributed by atoms with Crippen molar-refractivity contribution in [2.45, 2.75) is 13.8 Å². The van der Waals surface area contributed by atoms with Crippen molar-refractivity contribution in [2.75, 3.05) is 18.2 Å². The van der Waals surface area contributed by atoms with E-state index in [0.717, 1.165) is 11.8 Å². The number of esters is 1. The van der Waals surface area contributed by atoms with Crippen molar-refractivity contribution in [1.29, 1.82) is 0 Å². The van der Waals surface area contributed by atoms with Gasteiger partial charge in [-0.25, -0.2) is 9.78 Å². The largest absolute Gasteiger partial charge is 0.464 e. The van der Waals surface area contributed by atoms with Gasteiger partial charge < -0.3 is 10.1 Å². The summed E-state index contributed by atoms with van der Waals surface area (Å²) in [4.78, 5) is 38.0. The summed E-state index contributed by atoms with van der Waals surface area (Å²) in [5, 5.41) is 2.57. The van der Waals surface area contributed by atoms with Gasteiger partial charge in [-0.3, -0.25) is 9.59 Å². The number of ether oxygens (including phenoxy) is 1. The van der Waals surface area contributed by atoms with E-state index in [1.54, 1.807) is 19.1 Å². The molecular formula is C13H16N2O4S. The van der Waals surface area contributed by atoms with Gasteiger partial charge in [0.05, 0.1) is 7.11 Å². The normalized spacial score (nSPS) is 11.6. The second kappa shape index (κ2) is 7.64. The minimum Gasteiger partial charge on any atom is -0.464 e. The van der Waals surface area contributed by atoms with Gasteiger partial charge in [0.1, 0.15) is 5.82 Å². The molecule has 108 valence electrons. The second-order valence-electron chi connectivity index (χ2n) is 4.09. The highest BCUT2D eigenvalue weighted by molar-refractivity contribution is 8.13. The molecule has 1 heterocycles. The molecule has 1 rings (SSSR count). The predicted octanol–water partition coefficient (Wildman–Crippen LogP) is 1.72. The maximum Gasteiger partial charge on any atom is 0.356 e. The van der Waals surface area contributed by atoms with Crippen molar-refractivity contribution < 1.29 is 19.1 Å². The lowest BCUT2D eigenvalue weighted by Gasteiger charge is -2.10. The van der Waals surface area contributed by atoms with Gasteiger partial charge in [-0.1, -0.05) is 24.8 Å². The molecule has 20 heavy (non-hydrogen) atoms. The van der Waals surface area contributed by atoms with E-state index in [2.05, 4.69) is 15.0 Å². The van der Waals surface area contributed by atoms with Crippen molar-refractivity contribution in [3.05, 3.63) is 23.9 Å². The van der Waals surface area contributed by atoms with Gasteiger partial charge in [-0.15, -0.1) is 0 Å². The molecule has 0 aromatic carbocycles. The van der Waals surface area contributed by atoms with Crippen LogP contribution < -0.4 is 5.32 Å². The molecule has 6 nitrogen and oxygen atoms in total. The fraction of sp³-hybridized carbons (Fsp3) is 0.385. The lowest BCUT2D eigenvalue weighted by molar-refractivity contribution is -0.118. The first-order valence-electron chi connectivity index (χ1n) is 5.93. The van der Waals surface area contributed by atoms with Crippen LogP contribution in [0.3, 0.4) is 0 Å². The van der Waals surface area contributed by atoms with Crippen LogP contribution in [-0.2, 0) is 14.3 Å². The topological polar surface area (TPSA) is 85.4 Å². The van der Waals surface area contributed by atoms with Crippen LogP contribution in [0, 0.1) is 5.92 Å². The number of anilines is 1. The SMILES string of the molecule is COC(=O)c1cccc(NC(=O)C(C)CSC(C)=O)n1. The lowest BCUT2D eigenvalue weighted by atomic mass is 10.2. The molecule has 0 fully saturated rings. The molecule has 1 unspecified atom stereocenters. The predicted molar refractivity (Wildman–Crippen MR) is 76.5 cm³/mol. The zero-order valence-corrected chi connectivity index (χ0v) is 12.3. The van der Waals surface area contributed by atoms with Gasteiger partial charge in [0.2, 0.25) is 5.91 Å². The summed E-state index contributed by atoms with van der Waals surface area (Å²) < 4.78 is 4.55. The van der Waals surface area contributed by atoms with E-state index in [1.165, 1.54) is 20.1 Å². The van der Waals surface area contributed by atoms with Crippen molar-refractivity contribution in [3.63, 3.8) is 0 Å². The van der Waals surface area contributed by atoms with Crippen molar-refractivity contribution in [3.8, 4) is 0 Å². The van der Waals surface area contributed by atoms with E-state index in [4.69, 9.17) is 0 Å². The molecule has 1 N–H and O–H groups in total. The van der Waals surface area contributed by atoms with E-state index in [0.29, 0.717) is 5.75 Å². The standard InChI is InChI=1S/C13H16N2O4S/c1-8(7-20-9(2)16)12(17)15-11-6-4-5-10(14-11)13(18)19-3/h4-6,8H,7H2,1-3H3,(H,14,15,17). The van der Waals surface area contributed by atoms with Crippen LogP contribution in [0.2, 0.25) is 0 Å². The fourth-order valence-electron chi connectivity index (χ4n) is 1.29. The average molecular weight is 296 g/mol. The number of methoxy groups -OCH3 is 1. The highest BCUT2D eigenvalue weighted by Gasteiger charge is 2.15. The number of rotatable bonds is 5. The molecule has 1 aromatic heterocycles. The molecule has 0 aliphatic rings. The Morgan fingerprint density at radius 1 is 1.40 bits per heavy atom. The van der Waals surface area contributed by atoms with Crippen LogP contribution in [-0.4, -0.2) is 34.8 Å². The van der Waals surface area contributed by atoms with Crippen molar-refractivity contribution >= 4 is 34.6 Å². The molecule has 0 saturated carbocycles. The van der Waals surface area contributed by atoms with Gasteiger partial charge in [0.15, 0.2) is 10.8 Å². The minimum atomic E-state index is -0.568. The van der Waals surface area contributed by atoms with Crippen molar-refractivity contribution in [1.82, 2.24) is 4.98 Å². The Kier molecular flexibility index (Phi) is 6.17. The van der Waals surface area contributed by atoms with Crippen LogP contribution in [0.25, 0.3) is 0 Å². The van der Waals surface area contributed by atoms with E-state index < -0.39 is 5.97 Å². The van der Waals surface area contributed by atoms with E-state index in [1.807, 2.05) is 0 Å². The second-order valence-corrected chi connectivity index (χ2v) is 5.29. The third kappa shape index (κ3) is 5.00. The molecule has 0 bridgehead atoms. The number of pyridine rings is 1. The summed E-state index contributed by atoms with van der Waals surface area (Å²) in [5.41, 5.74) is 0.121. The summed E-state index contributed by atoms with van der Waals surface area (Å²) in [6.45, 7) is 3.17. The van der Waals surface area contributed by atoms with E-state index >= 15 is 0 Å². The quantitative estimate of drug-likeness (QED) is 0.833. The molecule has 0 saturated heterocycles. The molecule has 1 aromatic rings. The Hall–Kier alpha value is -1.89. The van der Waals surface area contributed by atoms with Crippen LogP contribution in [0.1, 0.15) is 24.3 Å². The van der Waals surface area contributed by atoms with Gasteiger partial charge >= 0.3 is 5.97 Å². The smallest absolute Gasteiger partial charge is 0.356 e. The van der Waals surface area contributed by atoms with Crippen LogP contribution >= 0.6 is 11.8 Å². The minimum absolute atomic E-state index is 0.0320. The van der Waals surface area contributed by atoms with Crippen LogP contribution in [0.15, 0.2) is 18.2 Å². The molecule has 0 radical (unpaired) electrons. The summed E-state index contributed by atoms with van der Waals surface area (Å²) in [6.07, 6.45) is 0. The zero-order valence-electron chi connectivity index (χ0n) is 11.5. The highest BCUT2D eigenvalue weighted by Crippen LogP contribution is 2.12. The van der Waals surface area contributed by atoms with Gasteiger partial charge in [0.25, 0.3) is 0 Å². The first-order chi connectivity index (χ1) is 9.43. The Morgan fingerprint density at radius 2 is 2.10 bits per heavy atom. The highest BCUT2D eigenvalue weighted by atomic mass is 32.2. The van der Waals surface area contributed by atoms with Crippen LogP contribution in [0.4, 0.5) is 5.82 Å². The Labute approximate surface area is 121 Å². The monoisotopic (exact) mass is 296 g/mol. The number of carbonyl (C=O) groups is 3. The summed E-state index contributed by atoms with van der Waals surface area (Å²) >= 11 is 1.10. The fourth-order valence-corrected chi connectivity index (χ4v) is 1.93. The van der Waals surface area contributed by atoms with Crippen LogP contribution in [0.5, 0.6) is 0 Å². The first kappa shape index (κ1) is 16.2. The summed E-state index contributed by atoms with van der Waals surface area (Å²) in [5.74, 6) is -0.489. The molecule has 1 atom stereocenters. The third-order valence-electron chi connectivity index (χ3n) is 2.38. The van der Waals surface area contributed by atoms with Gasteiger partial charge in [-0.2, -0.15) is 0 Å². The average Bonchev–Trinajstić information content (AvgIpc) is 2.43. The third-order valence-corrected chi connectivity index (χ3v) is 3.45.